The van der Waals surface area contributed by atoms with Gasteiger partial charge in [0.2, 0.25) is 5.91 Å². The van der Waals surface area contributed by atoms with Gasteiger partial charge in [-0.3, -0.25) is 14.6 Å². The lowest BCUT2D eigenvalue weighted by Gasteiger charge is -2.18. The first-order valence-corrected chi connectivity index (χ1v) is 9.46. The smallest absolute Gasteiger partial charge is 0.260 e. The number of anilines is 1. The molecule has 0 atom stereocenters. The number of amides is 2. The highest BCUT2D eigenvalue weighted by Crippen LogP contribution is 2.26. The number of aromatic nitrogens is 1. The molecule has 2 amide bonds. The van der Waals surface area contributed by atoms with Crippen molar-refractivity contribution in [2.75, 3.05) is 5.32 Å². The third kappa shape index (κ3) is 4.54. The molecule has 29 heavy (non-hydrogen) atoms. The maximum absolute atomic E-state index is 15.0. The fourth-order valence-corrected chi connectivity index (χ4v) is 3.00. The summed E-state index contributed by atoms with van der Waals surface area (Å²) in [5.41, 5.74) is 0.337. The largest absolute Gasteiger partial charge is 0.351 e. The first-order chi connectivity index (χ1) is 13.7. The minimum atomic E-state index is -0.766. The van der Waals surface area contributed by atoms with Crippen LogP contribution in [0, 0.1) is 11.2 Å². The lowest BCUT2D eigenvalue weighted by atomic mass is 9.95. The number of hydrogen-bond donors (Lipinski definition) is 2. The number of pyridine rings is 1. The third-order valence-corrected chi connectivity index (χ3v) is 4.71. The number of carbonyl (C=O) groups is 2. The van der Waals surface area contributed by atoms with Gasteiger partial charge in [0.15, 0.2) is 0 Å². The van der Waals surface area contributed by atoms with E-state index < -0.39 is 17.1 Å². The molecule has 0 saturated heterocycles. The van der Waals surface area contributed by atoms with Crippen molar-refractivity contribution in [3.63, 3.8) is 0 Å². The molecule has 7 heteroatoms. The minimum Gasteiger partial charge on any atom is -0.351 e. The normalized spacial score (nSPS) is 11.3. The average molecular weight is 414 g/mol. The predicted molar refractivity (Wildman–Crippen MR) is 112 cm³/mol. The predicted octanol–water partition coefficient (Wildman–Crippen LogP) is 4.94. The number of benzene rings is 2. The summed E-state index contributed by atoms with van der Waals surface area (Å²) in [7, 11) is 0. The zero-order chi connectivity index (χ0) is 21.2. The molecule has 1 aromatic heterocycles. The van der Waals surface area contributed by atoms with Crippen molar-refractivity contribution in [1.82, 2.24) is 10.3 Å². The molecule has 1 heterocycles. The van der Waals surface area contributed by atoms with E-state index in [1.54, 1.807) is 45.2 Å². The Labute approximate surface area is 173 Å². The number of carbonyl (C=O) groups excluding carboxylic acids is 2. The van der Waals surface area contributed by atoms with Crippen LogP contribution in [0.1, 0.15) is 36.7 Å². The molecule has 150 valence electrons. The maximum atomic E-state index is 15.0. The zero-order valence-electron chi connectivity index (χ0n) is 16.3. The summed E-state index contributed by atoms with van der Waals surface area (Å²) < 4.78 is 15.0. The Morgan fingerprint density at radius 3 is 2.55 bits per heavy atom. The molecular weight excluding hydrogens is 393 g/mol. The maximum Gasteiger partial charge on any atom is 0.260 e. The Morgan fingerprint density at radius 1 is 1.10 bits per heavy atom. The van der Waals surface area contributed by atoms with Crippen LogP contribution < -0.4 is 10.6 Å². The molecule has 2 N–H and O–H groups in total. The molecule has 0 aliphatic carbocycles. The number of hydrogen-bond acceptors (Lipinski definition) is 3. The van der Waals surface area contributed by atoms with Gasteiger partial charge < -0.3 is 10.6 Å². The van der Waals surface area contributed by atoms with Crippen molar-refractivity contribution in [2.45, 2.75) is 27.3 Å². The SMILES string of the molecule is CC(C)(C)C(=O)NCc1ccc(Cl)c(C(=O)Nc2cccc3cccnc23)c1F. The van der Waals surface area contributed by atoms with Crippen molar-refractivity contribution in [3.8, 4) is 0 Å². The van der Waals surface area contributed by atoms with Gasteiger partial charge in [-0.05, 0) is 18.2 Å². The molecule has 0 saturated carbocycles. The lowest BCUT2D eigenvalue weighted by Crippen LogP contribution is -2.34. The van der Waals surface area contributed by atoms with Gasteiger partial charge in [0.25, 0.3) is 5.91 Å². The molecular formula is C22H21ClFN3O2. The second-order valence-corrected chi connectivity index (χ2v) is 8.07. The quantitative estimate of drug-likeness (QED) is 0.636. The molecule has 5 nitrogen and oxygen atoms in total. The second kappa shape index (κ2) is 8.17. The Kier molecular flexibility index (Phi) is 5.84. The van der Waals surface area contributed by atoms with Gasteiger partial charge in [-0.15, -0.1) is 0 Å². The average Bonchev–Trinajstić information content (AvgIpc) is 2.67. The van der Waals surface area contributed by atoms with Crippen LogP contribution in [0.25, 0.3) is 10.9 Å². The number of para-hydroxylation sites is 1. The summed E-state index contributed by atoms with van der Waals surface area (Å²) in [6, 6.07) is 11.9. The number of halogens is 2. The third-order valence-electron chi connectivity index (χ3n) is 4.40. The first-order valence-electron chi connectivity index (χ1n) is 9.09. The van der Waals surface area contributed by atoms with E-state index in [-0.39, 0.29) is 28.6 Å². The fraction of sp³-hybridized carbons (Fsp3) is 0.227. The van der Waals surface area contributed by atoms with Crippen LogP contribution in [0.4, 0.5) is 10.1 Å². The highest BCUT2D eigenvalue weighted by atomic mass is 35.5. The lowest BCUT2D eigenvalue weighted by molar-refractivity contribution is -0.128. The van der Waals surface area contributed by atoms with Gasteiger partial charge in [0, 0.05) is 29.1 Å². The Hall–Kier alpha value is -2.99. The van der Waals surface area contributed by atoms with Crippen LogP contribution in [0.5, 0.6) is 0 Å². The van der Waals surface area contributed by atoms with Crippen LogP contribution in [0.3, 0.4) is 0 Å². The van der Waals surface area contributed by atoms with Crippen molar-refractivity contribution >= 4 is 40.0 Å². The van der Waals surface area contributed by atoms with Crippen LogP contribution in [0.15, 0.2) is 48.7 Å². The zero-order valence-corrected chi connectivity index (χ0v) is 17.1. The van der Waals surface area contributed by atoms with Gasteiger partial charge in [-0.1, -0.05) is 56.6 Å². The molecule has 0 fully saturated rings. The summed E-state index contributed by atoms with van der Waals surface area (Å²) in [5.74, 6) is -1.67. The molecule has 2 aromatic carbocycles. The van der Waals surface area contributed by atoms with Gasteiger partial charge in [-0.2, -0.15) is 0 Å². The van der Waals surface area contributed by atoms with Gasteiger partial charge in [-0.25, -0.2) is 4.39 Å². The number of nitrogens with zero attached hydrogens (tertiary/aromatic N) is 1. The van der Waals surface area contributed by atoms with Crippen LogP contribution in [0.2, 0.25) is 5.02 Å². The van der Waals surface area contributed by atoms with Crippen LogP contribution in [-0.2, 0) is 11.3 Å². The molecule has 0 radical (unpaired) electrons. The number of rotatable bonds is 4. The standard InChI is InChI=1S/C22H21ClFN3O2/c1-22(2,3)21(29)26-12-14-9-10-15(23)17(18(14)24)20(28)27-16-8-4-6-13-7-5-11-25-19(13)16/h4-11H,12H2,1-3H3,(H,26,29)(H,27,28). The van der Waals surface area contributed by atoms with E-state index in [1.807, 2.05) is 12.1 Å². The minimum absolute atomic E-state index is 0.0147. The summed E-state index contributed by atoms with van der Waals surface area (Å²) in [6.45, 7) is 5.24. The first kappa shape index (κ1) is 20.7. The van der Waals surface area contributed by atoms with Crippen molar-refractivity contribution in [2.24, 2.45) is 5.41 Å². The van der Waals surface area contributed by atoms with Gasteiger partial charge in [0.05, 0.1) is 21.8 Å². The number of fused-ring (bicyclic) bond motifs is 1. The second-order valence-electron chi connectivity index (χ2n) is 7.66. The van der Waals surface area contributed by atoms with E-state index in [9.17, 15) is 9.59 Å². The molecule has 0 aliphatic rings. The Morgan fingerprint density at radius 2 is 1.83 bits per heavy atom. The number of nitrogens with one attached hydrogen (secondary N) is 2. The summed E-state index contributed by atoms with van der Waals surface area (Å²) in [6.07, 6.45) is 1.62. The highest BCUT2D eigenvalue weighted by Gasteiger charge is 2.23. The van der Waals surface area contributed by atoms with Crippen molar-refractivity contribution in [3.05, 3.63) is 70.6 Å². The van der Waals surface area contributed by atoms with Crippen LogP contribution >= 0.6 is 11.6 Å². The summed E-state index contributed by atoms with van der Waals surface area (Å²) >= 11 is 6.11. The van der Waals surface area contributed by atoms with Gasteiger partial charge >= 0.3 is 0 Å². The summed E-state index contributed by atoms with van der Waals surface area (Å²) in [5, 5.41) is 6.19. The van der Waals surface area contributed by atoms with E-state index in [0.717, 1.165) is 5.39 Å². The fourth-order valence-electron chi connectivity index (χ4n) is 2.77. The molecule has 0 aliphatic heterocycles. The van der Waals surface area contributed by atoms with Crippen molar-refractivity contribution < 1.29 is 14.0 Å². The van der Waals surface area contributed by atoms with E-state index >= 15 is 4.39 Å². The van der Waals surface area contributed by atoms with E-state index in [4.69, 9.17) is 11.6 Å². The Balaban J connectivity index is 1.88. The summed E-state index contributed by atoms with van der Waals surface area (Å²) in [4.78, 5) is 29.1. The molecule has 0 bridgehead atoms. The molecule has 3 rings (SSSR count). The van der Waals surface area contributed by atoms with E-state index in [0.29, 0.717) is 11.2 Å². The van der Waals surface area contributed by atoms with Crippen LogP contribution in [-0.4, -0.2) is 16.8 Å². The van der Waals surface area contributed by atoms with E-state index in [1.165, 1.54) is 12.1 Å². The van der Waals surface area contributed by atoms with Crippen molar-refractivity contribution in [1.29, 1.82) is 0 Å². The topological polar surface area (TPSA) is 71.1 Å². The monoisotopic (exact) mass is 413 g/mol. The molecule has 0 spiro atoms. The van der Waals surface area contributed by atoms with E-state index in [2.05, 4.69) is 15.6 Å². The highest BCUT2D eigenvalue weighted by molar-refractivity contribution is 6.34. The Bertz CT molecular complexity index is 1090. The molecule has 0 unspecified atom stereocenters. The van der Waals surface area contributed by atoms with Gasteiger partial charge in [0.1, 0.15) is 5.82 Å². The molecule has 3 aromatic rings.